The molecule has 0 fully saturated rings. The van der Waals surface area contributed by atoms with Crippen LogP contribution in [0.5, 0.6) is 0 Å². The normalized spacial score (nSPS) is 11.5. The van der Waals surface area contributed by atoms with Crippen molar-refractivity contribution >= 4 is 17.3 Å². The van der Waals surface area contributed by atoms with Gasteiger partial charge in [0, 0.05) is 17.3 Å². The summed E-state index contributed by atoms with van der Waals surface area (Å²) in [5.41, 5.74) is 1.40. The lowest BCUT2D eigenvalue weighted by Crippen LogP contribution is -2.09. The molecule has 3 rings (SSSR count). The van der Waals surface area contributed by atoms with Gasteiger partial charge in [0.05, 0.1) is 12.1 Å². The molecule has 0 radical (unpaired) electrons. The second-order valence-electron chi connectivity index (χ2n) is 5.41. The van der Waals surface area contributed by atoms with Crippen LogP contribution in [0.1, 0.15) is 16.7 Å². The number of para-hydroxylation sites is 1. The third-order valence-electron chi connectivity index (χ3n) is 3.66. The Bertz CT molecular complexity index is 847. The van der Waals surface area contributed by atoms with Gasteiger partial charge >= 0.3 is 6.18 Å². The number of nitrogens with one attached hydrogen (secondary N) is 1. The van der Waals surface area contributed by atoms with Gasteiger partial charge in [-0.05, 0) is 35.4 Å². The Labute approximate surface area is 147 Å². The van der Waals surface area contributed by atoms with Gasteiger partial charge in [0.1, 0.15) is 12.7 Å². The van der Waals surface area contributed by atoms with Crippen molar-refractivity contribution in [3.63, 3.8) is 0 Å². The number of benzene rings is 2. The van der Waals surface area contributed by atoms with Crippen LogP contribution in [0.3, 0.4) is 0 Å². The van der Waals surface area contributed by atoms with Crippen LogP contribution in [0.2, 0.25) is 5.02 Å². The largest absolute Gasteiger partial charge is 0.416 e. The Morgan fingerprint density at radius 2 is 1.88 bits per heavy atom. The fourth-order valence-electron chi connectivity index (χ4n) is 2.40. The lowest BCUT2D eigenvalue weighted by Gasteiger charge is -2.14. The minimum Gasteiger partial charge on any atom is -0.381 e. The zero-order valence-electron chi connectivity index (χ0n) is 13.0. The minimum atomic E-state index is -4.40. The highest BCUT2D eigenvalue weighted by Crippen LogP contribution is 2.32. The van der Waals surface area contributed by atoms with Crippen LogP contribution in [0, 0.1) is 0 Å². The first kappa shape index (κ1) is 17.3. The molecule has 2 aromatic carbocycles. The molecule has 0 bridgehead atoms. The Morgan fingerprint density at radius 1 is 1.08 bits per heavy atom. The second-order valence-corrected chi connectivity index (χ2v) is 5.81. The molecule has 0 unspecified atom stereocenters. The van der Waals surface area contributed by atoms with Crippen molar-refractivity contribution in [2.45, 2.75) is 19.3 Å². The van der Waals surface area contributed by atoms with E-state index in [0.717, 1.165) is 23.4 Å². The molecule has 0 saturated carbocycles. The van der Waals surface area contributed by atoms with E-state index < -0.39 is 11.7 Å². The quantitative estimate of drug-likeness (QED) is 0.717. The average Bonchev–Trinajstić information content (AvgIpc) is 3.07. The van der Waals surface area contributed by atoms with Gasteiger partial charge in [0.2, 0.25) is 0 Å². The summed E-state index contributed by atoms with van der Waals surface area (Å²) < 4.78 is 40.2. The van der Waals surface area contributed by atoms with Gasteiger partial charge in [-0.2, -0.15) is 18.3 Å². The first-order chi connectivity index (χ1) is 11.9. The van der Waals surface area contributed by atoms with Gasteiger partial charge in [-0.25, -0.2) is 9.67 Å². The predicted octanol–water partition coefficient (Wildman–Crippen LogP) is 4.61. The Morgan fingerprint density at radius 3 is 2.60 bits per heavy atom. The van der Waals surface area contributed by atoms with Crippen molar-refractivity contribution in [2.75, 3.05) is 5.32 Å². The van der Waals surface area contributed by atoms with Crippen molar-refractivity contribution in [3.8, 4) is 0 Å². The fraction of sp³-hybridized carbons (Fsp3) is 0.176. The van der Waals surface area contributed by atoms with E-state index in [1.54, 1.807) is 11.0 Å². The number of rotatable bonds is 5. The van der Waals surface area contributed by atoms with Crippen molar-refractivity contribution in [2.24, 2.45) is 0 Å². The zero-order chi connectivity index (χ0) is 17.9. The van der Waals surface area contributed by atoms with Crippen molar-refractivity contribution in [1.82, 2.24) is 14.8 Å². The SMILES string of the molecule is FC(F)(F)c1ccc(Cl)c(CNc2ccccc2Cn2cncn2)c1. The van der Waals surface area contributed by atoms with E-state index in [-0.39, 0.29) is 11.6 Å². The Balaban J connectivity index is 1.78. The molecule has 0 aliphatic heterocycles. The van der Waals surface area contributed by atoms with E-state index in [0.29, 0.717) is 12.1 Å². The summed E-state index contributed by atoms with van der Waals surface area (Å²) in [7, 11) is 0. The summed E-state index contributed by atoms with van der Waals surface area (Å²) in [5, 5.41) is 7.49. The van der Waals surface area contributed by atoms with Crippen molar-refractivity contribution < 1.29 is 13.2 Å². The van der Waals surface area contributed by atoms with Gasteiger partial charge in [-0.3, -0.25) is 0 Å². The van der Waals surface area contributed by atoms with Gasteiger partial charge in [-0.1, -0.05) is 29.8 Å². The number of alkyl halides is 3. The predicted molar refractivity (Wildman–Crippen MR) is 89.3 cm³/mol. The lowest BCUT2D eigenvalue weighted by atomic mass is 10.1. The van der Waals surface area contributed by atoms with E-state index in [1.165, 1.54) is 12.4 Å². The first-order valence-electron chi connectivity index (χ1n) is 7.43. The topological polar surface area (TPSA) is 42.7 Å². The van der Waals surface area contributed by atoms with Gasteiger partial charge < -0.3 is 5.32 Å². The summed E-state index contributed by atoms with van der Waals surface area (Å²) in [6, 6.07) is 10.8. The Kier molecular flexibility index (Phi) is 4.94. The lowest BCUT2D eigenvalue weighted by molar-refractivity contribution is -0.137. The maximum absolute atomic E-state index is 12.9. The van der Waals surface area contributed by atoms with E-state index in [4.69, 9.17) is 11.6 Å². The molecule has 0 saturated heterocycles. The Hall–Kier alpha value is -2.54. The van der Waals surface area contributed by atoms with E-state index in [1.807, 2.05) is 24.3 Å². The number of hydrogen-bond acceptors (Lipinski definition) is 3. The molecular weight excluding hydrogens is 353 g/mol. The van der Waals surface area contributed by atoms with Crippen LogP contribution < -0.4 is 5.32 Å². The van der Waals surface area contributed by atoms with Crippen LogP contribution in [0.4, 0.5) is 18.9 Å². The highest BCUT2D eigenvalue weighted by Gasteiger charge is 2.30. The van der Waals surface area contributed by atoms with Gasteiger partial charge in [0.25, 0.3) is 0 Å². The molecule has 25 heavy (non-hydrogen) atoms. The van der Waals surface area contributed by atoms with Crippen LogP contribution in [0.15, 0.2) is 55.1 Å². The number of anilines is 1. The molecule has 8 heteroatoms. The number of hydrogen-bond donors (Lipinski definition) is 1. The van der Waals surface area contributed by atoms with Crippen LogP contribution in [0.25, 0.3) is 0 Å². The third-order valence-corrected chi connectivity index (χ3v) is 4.03. The molecule has 3 aromatic rings. The number of aromatic nitrogens is 3. The summed E-state index contributed by atoms with van der Waals surface area (Å²) in [6.45, 7) is 0.677. The third kappa shape index (κ3) is 4.30. The van der Waals surface area contributed by atoms with E-state index >= 15 is 0 Å². The fourth-order valence-corrected chi connectivity index (χ4v) is 2.58. The smallest absolute Gasteiger partial charge is 0.381 e. The van der Waals surface area contributed by atoms with Crippen molar-refractivity contribution in [3.05, 3.63) is 76.8 Å². The summed E-state index contributed by atoms with van der Waals surface area (Å²) >= 11 is 6.04. The summed E-state index contributed by atoms with van der Waals surface area (Å²) in [6.07, 6.45) is -1.36. The van der Waals surface area contributed by atoms with Crippen LogP contribution >= 0.6 is 11.6 Å². The summed E-state index contributed by atoms with van der Waals surface area (Å²) in [5.74, 6) is 0. The molecule has 0 atom stereocenters. The monoisotopic (exact) mass is 366 g/mol. The molecule has 1 aromatic heterocycles. The molecule has 1 heterocycles. The molecule has 0 amide bonds. The molecule has 1 N–H and O–H groups in total. The van der Waals surface area contributed by atoms with Crippen molar-refractivity contribution in [1.29, 1.82) is 0 Å². The molecular formula is C17H14ClF3N4. The standard InChI is InChI=1S/C17H14ClF3N4/c18-15-6-5-14(17(19,20)21)7-13(15)8-23-16-4-2-1-3-12(16)9-25-11-22-10-24-25/h1-7,10-11,23H,8-9H2. The highest BCUT2D eigenvalue weighted by atomic mass is 35.5. The molecule has 4 nitrogen and oxygen atoms in total. The highest BCUT2D eigenvalue weighted by molar-refractivity contribution is 6.31. The van der Waals surface area contributed by atoms with Gasteiger partial charge in [-0.15, -0.1) is 0 Å². The molecule has 130 valence electrons. The molecule has 0 aliphatic carbocycles. The summed E-state index contributed by atoms with van der Waals surface area (Å²) in [4.78, 5) is 3.89. The number of nitrogens with zero attached hydrogens (tertiary/aromatic N) is 3. The van der Waals surface area contributed by atoms with E-state index in [2.05, 4.69) is 15.4 Å². The molecule has 0 aliphatic rings. The van der Waals surface area contributed by atoms with Gasteiger partial charge in [0.15, 0.2) is 0 Å². The first-order valence-corrected chi connectivity index (χ1v) is 7.81. The van der Waals surface area contributed by atoms with Crippen LogP contribution in [-0.2, 0) is 19.3 Å². The van der Waals surface area contributed by atoms with Crippen LogP contribution in [-0.4, -0.2) is 14.8 Å². The number of halogens is 4. The molecule has 0 spiro atoms. The average molecular weight is 367 g/mol. The minimum absolute atomic E-state index is 0.178. The maximum atomic E-state index is 12.9. The van der Waals surface area contributed by atoms with E-state index in [9.17, 15) is 13.2 Å². The second kappa shape index (κ2) is 7.14. The maximum Gasteiger partial charge on any atom is 0.416 e. The zero-order valence-corrected chi connectivity index (χ0v) is 13.7.